The minimum atomic E-state index is -0.0299. The Hall–Kier alpha value is -2.79. The lowest BCUT2D eigenvalue weighted by Gasteiger charge is -2.18. The lowest BCUT2D eigenvalue weighted by atomic mass is 10.1. The van der Waals surface area contributed by atoms with Crippen LogP contribution in [0.1, 0.15) is 39.8 Å². The lowest BCUT2D eigenvalue weighted by molar-refractivity contribution is 0.0784. The van der Waals surface area contributed by atoms with Crippen molar-refractivity contribution in [2.45, 2.75) is 40.5 Å². The van der Waals surface area contributed by atoms with E-state index in [1.807, 2.05) is 62.0 Å². The molecule has 0 atom stereocenters. The second-order valence-electron chi connectivity index (χ2n) is 7.07. The zero-order valence-electron chi connectivity index (χ0n) is 17.3. The predicted octanol–water partition coefficient (Wildman–Crippen LogP) is 5.02. The summed E-state index contributed by atoms with van der Waals surface area (Å²) in [6.45, 7) is 7.81. The number of ether oxygens (including phenoxy) is 1. The average Bonchev–Trinajstić information content (AvgIpc) is 2.99. The van der Waals surface area contributed by atoms with Crippen molar-refractivity contribution in [1.29, 1.82) is 0 Å². The number of hydrogen-bond donors (Lipinski definition) is 0. The van der Waals surface area contributed by atoms with Gasteiger partial charge in [-0.15, -0.1) is 0 Å². The summed E-state index contributed by atoms with van der Waals surface area (Å²) in [6.07, 6.45) is 0. The van der Waals surface area contributed by atoms with E-state index in [9.17, 15) is 4.79 Å². The number of halogens is 1. The molecule has 0 aliphatic rings. The van der Waals surface area contributed by atoms with Crippen LogP contribution in [0, 0.1) is 13.8 Å². The number of nitrogens with zero attached hydrogens (tertiary/aromatic N) is 3. The first kappa shape index (κ1) is 20.9. The van der Waals surface area contributed by atoms with E-state index in [4.69, 9.17) is 16.3 Å². The van der Waals surface area contributed by atoms with Gasteiger partial charge in [0.25, 0.3) is 5.91 Å². The number of carbonyl (C=O) groups excluding carboxylic acids is 1. The Morgan fingerprint density at radius 2 is 1.93 bits per heavy atom. The van der Waals surface area contributed by atoms with Gasteiger partial charge in [-0.25, -0.2) is 0 Å². The monoisotopic (exact) mass is 411 g/mol. The van der Waals surface area contributed by atoms with Gasteiger partial charge in [0.15, 0.2) is 0 Å². The molecule has 0 N–H and O–H groups in total. The molecule has 152 valence electrons. The lowest BCUT2D eigenvalue weighted by Crippen LogP contribution is -2.26. The summed E-state index contributed by atoms with van der Waals surface area (Å²) in [5.74, 6) is 0.669. The molecule has 0 spiro atoms. The predicted molar refractivity (Wildman–Crippen MR) is 115 cm³/mol. The Balaban J connectivity index is 1.69. The van der Waals surface area contributed by atoms with Gasteiger partial charge < -0.3 is 9.64 Å². The van der Waals surface area contributed by atoms with Crippen LogP contribution < -0.4 is 4.74 Å². The highest BCUT2D eigenvalue weighted by Crippen LogP contribution is 2.20. The quantitative estimate of drug-likeness (QED) is 0.548. The number of benzene rings is 2. The molecule has 3 rings (SSSR count). The van der Waals surface area contributed by atoms with Crippen molar-refractivity contribution in [2.75, 3.05) is 7.05 Å². The third-order valence-corrected chi connectivity index (χ3v) is 5.18. The maximum Gasteiger partial charge on any atom is 0.253 e. The minimum Gasteiger partial charge on any atom is -0.489 e. The Morgan fingerprint density at radius 1 is 1.17 bits per heavy atom. The summed E-state index contributed by atoms with van der Waals surface area (Å²) in [4.78, 5) is 14.7. The molecule has 3 aromatic rings. The number of carbonyl (C=O) groups is 1. The maximum absolute atomic E-state index is 13.0. The molecule has 6 heteroatoms. The molecule has 0 radical (unpaired) electrons. The topological polar surface area (TPSA) is 47.4 Å². The summed E-state index contributed by atoms with van der Waals surface area (Å²) in [6, 6.07) is 14.8. The molecular formula is C23H26ClN3O2. The molecular weight excluding hydrogens is 386 g/mol. The molecule has 0 aliphatic heterocycles. The Kier molecular flexibility index (Phi) is 6.60. The molecule has 0 aliphatic carbocycles. The molecule has 0 fully saturated rings. The van der Waals surface area contributed by atoms with Gasteiger partial charge in [-0.3, -0.25) is 9.48 Å². The van der Waals surface area contributed by atoms with Gasteiger partial charge in [-0.1, -0.05) is 29.8 Å². The summed E-state index contributed by atoms with van der Waals surface area (Å²) >= 11 is 5.99. The molecule has 1 amide bonds. The van der Waals surface area contributed by atoms with E-state index < -0.39 is 0 Å². The van der Waals surface area contributed by atoms with Gasteiger partial charge in [0.05, 0.1) is 5.69 Å². The zero-order chi connectivity index (χ0) is 21.0. The Bertz CT molecular complexity index is 1010. The highest BCUT2D eigenvalue weighted by molar-refractivity contribution is 6.30. The zero-order valence-corrected chi connectivity index (χ0v) is 18.0. The molecule has 29 heavy (non-hydrogen) atoms. The first-order valence-electron chi connectivity index (χ1n) is 9.64. The molecule has 0 bridgehead atoms. The van der Waals surface area contributed by atoms with Crippen LogP contribution in [0.2, 0.25) is 5.02 Å². The van der Waals surface area contributed by atoms with Crippen LogP contribution in [0.25, 0.3) is 0 Å². The van der Waals surface area contributed by atoms with E-state index in [1.54, 1.807) is 17.0 Å². The van der Waals surface area contributed by atoms with Crippen molar-refractivity contribution >= 4 is 17.5 Å². The van der Waals surface area contributed by atoms with Gasteiger partial charge in [0.2, 0.25) is 0 Å². The number of rotatable bonds is 7. The largest absolute Gasteiger partial charge is 0.489 e. The fourth-order valence-corrected chi connectivity index (χ4v) is 3.50. The van der Waals surface area contributed by atoms with Crippen molar-refractivity contribution in [3.63, 3.8) is 0 Å². The Labute approximate surface area is 176 Å². The highest BCUT2D eigenvalue weighted by Gasteiger charge is 2.17. The van der Waals surface area contributed by atoms with E-state index in [-0.39, 0.29) is 5.91 Å². The molecule has 5 nitrogen and oxygen atoms in total. The summed E-state index contributed by atoms with van der Waals surface area (Å²) in [5.41, 5.74) is 4.73. The van der Waals surface area contributed by atoms with E-state index in [0.29, 0.717) is 29.5 Å². The van der Waals surface area contributed by atoms with Crippen molar-refractivity contribution in [1.82, 2.24) is 14.7 Å². The normalized spacial score (nSPS) is 10.8. The molecule has 1 heterocycles. The molecule has 0 saturated carbocycles. The fraction of sp³-hybridized carbons (Fsp3) is 0.304. The van der Waals surface area contributed by atoms with E-state index >= 15 is 0 Å². The summed E-state index contributed by atoms with van der Waals surface area (Å²) < 4.78 is 7.76. The minimum absolute atomic E-state index is 0.0299. The Morgan fingerprint density at radius 3 is 2.62 bits per heavy atom. The van der Waals surface area contributed by atoms with Crippen LogP contribution in [0.5, 0.6) is 5.75 Å². The molecule has 2 aromatic carbocycles. The smallest absolute Gasteiger partial charge is 0.253 e. The van der Waals surface area contributed by atoms with Crippen molar-refractivity contribution < 1.29 is 9.53 Å². The second-order valence-corrected chi connectivity index (χ2v) is 7.51. The number of aromatic nitrogens is 2. The van der Waals surface area contributed by atoms with Gasteiger partial charge in [-0.2, -0.15) is 5.10 Å². The number of hydrogen-bond acceptors (Lipinski definition) is 3. The fourth-order valence-electron chi connectivity index (χ4n) is 3.32. The SMILES string of the molecule is CCn1nc(C)c(CN(C)C(=O)c2cccc(COc3cccc(Cl)c3)c2)c1C. The first-order chi connectivity index (χ1) is 13.9. The van der Waals surface area contributed by atoms with Crippen molar-refractivity contribution in [3.8, 4) is 5.75 Å². The van der Waals surface area contributed by atoms with Crippen LogP contribution in [0.15, 0.2) is 48.5 Å². The van der Waals surface area contributed by atoms with Gasteiger partial charge in [-0.05, 0) is 56.7 Å². The van der Waals surface area contributed by atoms with E-state index in [0.717, 1.165) is 29.1 Å². The third kappa shape index (κ3) is 4.98. The molecule has 1 aromatic heterocycles. The summed E-state index contributed by atoms with van der Waals surface area (Å²) in [5, 5.41) is 5.17. The van der Waals surface area contributed by atoms with Gasteiger partial charge in [0.1, 0.15) is 12.4 Å². The maximum atomic E-state index is 13.0. The van der Waals surface area contributed by atoms with Crippen LogP contribution in [0.3, 0.4) is 0 Å². The highest BCUT2D eigenvalue weighted by atomic mass is 35.5. The van der Waals surface area contributed by atoms with Crippen LogP contribution >= 0.6 is 11.6 Å². The van der Waals surface area contributed by atoms with Crippen molar-refractivity contribution in [3.05, 3.63) is 81.6 Å². The number of amides is 1. The molecule has 0 saturated heterocycles. The average molecular weight is 412 g/mol. The first-order valence-corrected chi connectivity index (χ1v) is 10.0. The van der Waals surface area contributed by atoms with E-state index in [2.05, 4.69) is 12.0 Å². The second kappa shape index (κ2) is 9.14. The van der Waals surface area contributed by atoms with Crippen LogP contribution in [-0.4, -0.2) is 27.6 Å². The standard InChI is InChI=1S/C23H26ClN3O2/c1-5-27-17(3)22(16(2)25-27)14-26(4)23(28)19-9-6-8-18(12-19)15-29-21-11-7-10-20(24)13-21/h6-13H,5,14-15H2,1-4H3. The summed E-state index contributed by atoms with van der Waals surface area (Å²) in [7, 11) is 1.82. The van der Waals surface area contributed by atoms with Gasteiger partial charge >= 0.3 is 0 Å². The molecule has 0 unspecified atom stereocenters. The third-order valence-electron chi connectivity index (χ3n) is 4.95. The van der Waals surface area contributed by atoms with E-state index in [1.165, 1.54) is 0 Å². The number of aryl methyl sites for hydroxylation is 2. The van der Waals surface area contributed by atoms with Crippen LogP contribution in [0.4, 0.5) is 0 Å². The van der Waals surface area contributed by atoms with Gasteiger partial charge in [0, 0.05) is 42.0 Å². The van der Waals surface area contributed by atoms with Crippen molar-refractivity contribution in [2.24, 2.45) is 0 Å². The van der Waals surface area contributed by atoms with Crippen LogP contribution in [-0.2, 0) is 19.7 Å².